The third-order valence-corrected chi connectivity index (χ3v) is 4.86. The van der Waals surface area contributed by atoms with E-state index in [2.05, 4.69) is 24.4 Å². The molecule has 2 aromatic heterocycles. The normalized spacial score (nSPS) is 14.6. The molecule has 0 N–H and O–H groups in total. The van der Waals surface area contributed by atoms with Crippen molar-refractivity contribution in [3.8, 4) is 17.0 Å². The number of imidazole rings is 1. The summed E-state index contributed by atoms with van der Waals surface area (Å²) in [5.41, 5.74) is 6.45. The highest BCUT2D eigenvalue weighted by atomic mass is 35.5. The molecule has 0 saturated heterocycles. The Hall–Kier alpha value is -2.30. The fourth-order valence-electron chi connectivity index (χ4n) is 3.19. The van der Waals surface area contributed by atoms with Crippen molar-refractivity contribution in [2.24, 2.45) is 0 Å². The number of ether oxygens (including phenoxy) is 2. The quantitative estimate of drug-likeness (QED) is 0.679. The molecule has 4 nitrogen and oxygen atoms in total. The van der Waals surface area contributed by atoms with Gasteiger partial charge in [0.2, 0.25) is 0 Å². The van der Waals surface area contributed by atoms with Gasteiger partial charge in [-0.3, -0.25) is 0 Å². The Morgan fingerprint density at radius 1 is 1.28 bits per heavy atom. The van der Waals surface area contributed by atoms with Crippen molar-refractivity contribution in [3.63, 3.8) is 0 Å². The smallest absolute Gasteiger partial charge is 0.138 e. The SMILES string of the molecule is COc1cc(C)c(-c2cn3ccc(C4=CCOCC4)cc3n2)cc1Cl. The predicted octanol–water partition coefficient (Wildman–Crippen LogP) is 4.78. The molecular formula is C20H19ClN2O2. The summed E-state index contributed by atoms with van der Waals surface area (Å²) in [5.74, 6) is 0.681. The van der Waals surface area contributed by atoms with Gasteiger partial charge in [-0.15, -0.1) is 0 Å². The largest absolute Gasteiger partial charge is 0.495 e. The lowest BCUT2D eigenvalue weighted by Crippen LogP contribution is -2.03. The van der Waals surface area contributed by atoms with Crippen LogP contribution in [0.5, 0.6) is 5.75 Å². The van der Waals surface area contributed by atoms with Crippen LogP contribution < -0.4 is 4.74 Å². The Morgan fingerprint density at radius 3 is 2.92 bits per heavy atom. The summed E-state index contributed by atoms with van der Waals surface area (Å²) in [7, 11) is 1.62. The van der Waals surface area contributed by atoms with Crippen molar-refractivity contribution >= 4 is 22.8 Å². The Labute approximate surface area is 151 Å². The highest BCUT2D eigenvalue weighted by molar-refractivity contribution is 6.32. The monoisotopic (exact) mass is 354 g/mol. The van der Waals surface area contributed by atoms with Crippen molar-refractivity contribution in [1.29, 1.82) is 0 Å². The number of pyridine rings is 1. The van der Waals surface area contributed by atoms with Crippen LogP contribution >= 0.6 is 11.6 Å². The lowest BCUT2D eigenvalue weighted by Gasteiger charge is -2.13. The fraction of sp³-hybridized carbons (Fsp3) is 0.250. The third-order valence-electron chi connectivity index (χ3n) is 4.57. The van der Waals surface area contributed by atoms with Crippen LogP contribution in [0.15, 0.2) is 42.7 Å². The molecule has 0 fully saturated rings. The summed E-state index contributed by atoms with van der Waals surface area (Å²) in [6.45, 7) is 3.50. The van der Waals surface area contributed by atoms with Gasteiger partial charge in [0, 0.05) is 18.0 Å². The zero-order valence-electron chi connectivity index (χ0n) is 14.3. The number of halogens is 1. The van der Waals surface area contributed by atoms with Gasteiger partial charge in [0.1, 0.15) is 11.4 Å². The van der Waals surface area contributed by atoms with E-state index >= 15 is 0 Å². The summed E-state index contributed by atoms with van der Waals surface area (Å²) in [6, 6.07) is 8.12. The first-order chi connectivity index (χ1) is 12.2. The number of aromatic nitrogens is 2. The molecule has 25 heavy (non-hydrogen) atoms. The van der Waals surface area contributed by atoms with Crippen LogP contribution in [-0.2, 0) is 4.74 Å². The van der Waals surface area contributed by atoms with E-state index in [9.17, 15) is 0 Å². The second-order valence-electron chi connectivity index (χ2n) is 6.16. The maximum atomic E-state index is 6.30. The van der Waals surface area contributed by atoms with Crippen LogP contribution in [0.25, 0.3) is 22.5 Å². The molecule has 0 atom stereocenters. The number of rotatable bonds is 3. The van der Waals surface area contributed by atoms with Crippen molar-refractivity contribution in [2.45, 2.75) is 13.3 Å². The molecule has 3 heterocycles. The zero-order valence-corrected chi connectivity index (χ0v) is 15.0. The molecule has 0 bridgehead atoms. The number of aryl methyl sites for hydroxylation is 1. The summed E-state index contributed by atoms with van der Waals surface area (Å²) >= 11 is 6.30. The van der Waals surface area contributed by atoms with Crippen molar-refractivity contribution in [2.75, 3.05) is 20.3 Å². The van der Waals surface area contributed by atoms with Gasteiger partial charge in [0.15, 0.2) is 0 Å². The molecule has 0 unspecified atom stereocenters. The second kappa shape index (κ2) is 6.54. The van der Waals surface area contributed by atoms with Crippen molar-refractivity contribution < 1.29 is 9.47 Å². The lowest BCUT2D eigenvalue weighted by molar-refractivity contribution is 0.161. The highest BCUT2D eigenvalue weighted by Gasteiger charge is 2.13. The minimum atomic E-state index is 0.591. The molecule has 5 heteroatoms. The first-order valence-electron chi connectivity index (χ1n) is 8.26. The summed E-state index contributed by atoms with van der Waals surface area (Å²) in [6.07, 6.45) is 7.17. The Morgan fingerprint density at radius 2 is 2.16 bits per heavy atom. The van der Waals surface area contributed by atoms with Crippen LogP contribution in [0.2, 0.25) is 5.02 Å². The number of methoxy groups -OCH3 is 1. The lowest BCUT2D eigenvalue weighted by atomic mass is 10.0. The van der Waals surface area contributed by atoms with Crippen molar-refractivity contribution in [3.05, 3.63) is 58.9 Å². The molecular weight excluding hydrogens is 336 g/mol. The topological polar surface area (TPSA) is 35.8 Å². The Balaban J connectivity index is 1.77. The maximum absolute atomic E-state index is 6.30. The van der Waals surface area contributed by atoms with Crippen LogP contribution in [0.3, 0.4) is 0 Å². The number of nitrogens with zero attached hydrogens (tertiary/aromatic N) is 2. The van der Waals surface area contributed by atoms with E-state index in [-0.39, 0.29) is 0 Å². The van der Waals surface area contributed by atoms with E-state index in [1.54, 1.807) is 7.11 Å². The minimum absolute atomic E-state index is 0.591. The van der Waals surface area contributed by atoms with E-state index in [0.717, 1.165) is 35.5 Å². The average molecular weight is 355 g/mol. The molecule has 0 spiro atoms. The molecule has 3 aromatic rings. The Kier molecular flexibility index (Phi) is 4.24. The van der Waals surface area contributed by atoms with E-state index in [0.29, 0.717) is 17.4 Å². The van der Waals surface area contributed by atoms with Crippen LogP contribution in [0.1, 0.15) is 17.5 Å². The summed E-state index contributed by atoms with van der Waals surface area (Å²) in [4.78, 5) is 4.80. The molecule has 1 aliphatic rings. The third kappa shape index (κ3) is 3.03. The number of fused-ring (bicyclic) bond motifs is 1. The Bertz CT molecular complexity index is 975. The molecule has 4 rings (SSSR count). The van der Waals surface area contributed by atoms with Crippen LogP contribution in [-0.4, -0.2) is 29.7 Å². The molecule has 0 aliphatic carbocycles. The minimum Gasteiger partial charge on any atom is -0.495 e. The summed E-state index contributed by atoms with van der Waals surface area (Å²) < 4.78 is 12.7. The van der Waals surface area contributed by atoms with Gasteiger partial charge in [0.05, 0.1) is 31.0 Å². The molecule has 0 saturated carbocycles. The summed E-state index contributed by atoms with van der Waals surface area (Å²) in [5, 5.41) is 0.591. The number of hydrogen-bond donors (Lipinski definition) is 0. The molecule has 0 amide bonds. The van der Waals surface area contributed by atoms with Crippen LogP contribution in [0.4, 0.5) is 0 Å². The first-order valence-corrected chi connectivity index (χ1v) is 8.64. The molecule has 128 valence electrons. The number of benzene rings is 1. The molecule has 0 radical (unpaired) electrons. The maximum Gasteiger partial charge on any atom is 0.138 e. The van der Waals surface area contributed by atoms with E-state index in [1.807, 2.05) is 29.7 Å². The fourth-order valence-corrected chi connectivity index (χ4v) is 3.43. The van der Waals surface area contributed by atoms with Crippen molar-refractivity contribution in [1.82, 2.24) is 9.38 Å². The molecule has 1 aromatic carbocycles. The average Bonchev–Trinajstić information content (AvgIpc) is 3.07. The zero-order chi connectivity index (χ0) is 17.4. The second-order valence-corrected chi connectivity index (χ2v) is 6.57. The van der Waals surface area contributed by atoms with Crippen LogP contribution in [0, 0.1) is 6.92 Å². The van der Waals surface area contributed by atoms with Gasteiger partial charge >= 0.3 is 0 Å². The van der Waals surface area contributed by atoms with E-state index in [4.69, 9.17) is 26.1 Å². The standard InChI is InChI=1S/C20H19ClN2O2/c1-13-9-19(24-2)17(21)11-16(13)18-12-23-6-3-15(10-20(23)22-18)14-4-7-25-8-5-14/h3-4,6,9-12H,5,7-8H2,1-2H3. The van der Waals surface area contributed by atoms with Gasteiger partial charge in [-0.25, -0.2) is 4.98 Å². The van der Waals surface area contributed by atoms with Gasteiger partial charge in [0.25, 0.3) is 0 Å². The van der Waals surface area contributed by atoms with E-state index < -0.39 is 0 Å². The van der Waals surface area contributed by atoms with Gasteiger partial charge < -0.3 is 13.9 Å². The van der Waals surface area contributed by atoms with Gasteiger partial charge in [-0.05, 0) is 54.3 Å². The highest BCUT2D eigenvalue weighted by Crippen LogP contribution is 2.33. The predicted molar refractivity (Wildman–Crippen MR) is 100 cm³/mol. The molecule has 1 aliphatic heterocycles. The number of hydrogen-bond acceptors (Lipinski definition) is 3. The van der Waals surface area contributed by atoms with Gasteiger partial charge in [-0.2, -0.15) is 0 Å². The van der Waals surface area contributed by atoms with E-state index in [1.165, 1.54) is 11.1 Å². The van der Waals surface area contributed by atoms with Gasteiger partial charge in [-0.1, -0.05) is 17.7 Å². The first kappa shape index (κ1) is 16.2.